The van der Waals surface area contributed by atoms with Crippen LogP contribution in [0.15, 0.2) is 66.9 Å². The number of hydrogen-bond acceptors (Lipinski definition) is 4. The number of benzene rings is 2. The molecular formula is C21H19ClN4O2. The highest BCUT2D eigenvalue weighted by molar-refractivity contribution is 6.30. The molecule has 0 saturated heterocycles. The molecule has 0 unspecified atom stereocenters. The van der Waals surface area contributed by atoms with E-state index in [4.69, 9.17) is 11.6 Å². The second-order valence-corrected chi connectivity index (χ2v) is 6.60. The highest BCUT2D eigenvalue weighted by atomic mass is 35.5. The van der Waals surface area contributed by atoms with Gasteiger partial charge in [-0.3, -0.25) is 9.59 Å². The smallest absolute Gasteiger partial charge is 0.228 e. The summed E-state index contributed by atoms with van der Waals surface area (Å²) in [5.74, 6) is 0.400. The van der Waals surface area contributed by atoms with E-state index >= 15 is 0 Å². The molecule has 2 amide bonds. The monoisotopic (exact) mass is 394 g/mol. The summed E-state index contributed by atoms with van der Waals surface area (Å²) in [5.41, 5.74) is 3.06. The fraction of sp³-hybridized carbons (Fsp3) is 0.0952. The predicted molar refractivity (Wildman–Crippen MR) is 112 cm³/mol. The van der Waals surface area contributed by atoms with Crippen LogP contribution in [0.1, 0.15) is 12.5 Å². The van der Waals surface area contributed by atoms with Gasteiger partial charge in [0.15, 0.2) is 0 Å². The molecule has 0 aliphatic carbocycles. The molecule has 0 spiro atoms. The Kier molecular flexibility index (Phi) is 6.24. The summed E-state index contributed by atoms with van der Waals surface area (Å²) in [6.45, 7) is 1.46. The molecule has 0 saturated carbocycles. The quantitative estimate of drug-likeness (QED) is 0.569. The highest BCUT2D eigenvalue weighted by Crippen LogP contribution is 2.19. The van der Waals surface area contributed by atoms with E-state index in [1.165, 1.54) is 6.92 Å². The summed E-state index contributed by atoms with van der Waals surface area (Å²) < 4.78 is 0. The van der Waals surface area contributed by atoms with Gasteiger partial charge in [-0.05, 0) is 54.1 Å². The van der Waals surface area contributed by atoms with E-state index in [2.05, 4.69) is 20.9 Å². The van der Waals surface area contributed by atoms with E-state index in [0.29, 0.717) is 16.5 Å². The van der Waals surface area contributed by atoms with Crippen LogP contribution in [0.3, 0.4) is 0 Å². The topological polar surface area (TPSA) is 83.1 Å². The number of rotatable bonds is 6. The Morgan fingerprint density at radius 1 is 0.857 bits per heavy atom. The molecule has 3 N–H and O–H groups in total. The Morgan fingerprint density at radius 2 is 1.50 bits per heavy atom. The summed E-state index contributed by atoms with van der Waals surface area (Å²) in [7, 11) is 0. The molecule has 2 aromatic carbocycles. The van der Waals surface area contributed by atoms with Gasteiger partial charge in [-0.2, -0.15) is 0 Å². The van der Waals surface area contributed by atoms with E-state index in [-0.39, 0.29) is 18.2 Å². The minimum Gasteiger partial charge on any atom is -0.340 e. The molecule has 0 atom stereocenters. The predicted octanol–water partition coefficient (Wildman–Crippen LogP) is 4.62. The zero-order valence-corrected chi connectivity index (χ0v) is 16.0. The summed E-state index contributed by atoms with van der Waals surface area (Å²) in [4.78, 5) is 27.5. The van der Waals surface area contributed by atoms with Crippen molar-refractivity contribution in [3.63, 3.8) is 0 Å². The lowest BCUT2D eigenvalue weighted by atomic mass is 10.1. The first-order valence-electron chi connectivity index (χ1n) is 8.63. The van der Waals surface area contributed by atoms with E-state index in [0.717, 1.165) is 16.9 Å². The van der Waals surface area contributed by atoms with Crippen LogP contribution >= 0.6 is 11.6 Å². The second kappa shape index (κ2) is 9.01. The van der Waals surface area contributed by atoms with Crippen molar-refractivity contribution in [2.24, 2.45) is 0 Å². The van der Waals surface area contributed by atoms with Gasteiger partial charge < -0.3 is 16.0 Å². The third-order valence-electron chi connectivity index (χ3n) is 3.80. The molecular weight excluding hydrogens is 376 g/mol. The summed E-state index contributed by atoms with van der Waals surface area (Å²) in [6.07, 6.45) is 1.85. The van der Waals surface area contributed by atoms with Gasteiger partial charge in [0.05, 0.1) is 18.3 Å². The number of anilines is 4. The van der Waals surface area contributed by atoms with Gasteiger partial charge in [0.2, 0.25) is 11.8 Å². The SMILES string of the molecule is CC(=O)Nc1ccc(Nc2ccc(NC(=O)Cc3ccc(Cl)cc3)cn2)cc1. The molecule has 142 valence electrons. The molecule has 7 heteroatoms. The number of amides is 2. The minimum atomic E-state index is -0.126. The Bertz CT molecular complexity index is 955. The number of nitrogens with one attached hydrogen (secondary N) is 3. The molecule has 1 heterocycles. The number of hydrogen-bond donors (Lipinski definition) is 3. The van der Waals surface area contributed by atoms with Crippen molar-refractivity contribution in [1.82, 2.24) is 4.98 Å². The first-order chi connectivity index (χ1) is 13.5. The number of halogens is 1. The maximum atomic E-state index is 12.1. The average molecular weight is 395 g/mol. The van der Waals surface area contributed by atoms with Crippen molar-refractivity contribution in [1.29, 1.82) is 0 Å². The zero-order valence-electron chi connectivity index (χ0n) is 15.2. The average Bonchev–Trinajstić information content (AvgIpc) is 2.66. The Labute approximate surface area is 168 Å². The van der Waals surface area contributed by atoms with E-state index < -0.39 is 0 Å². The number of nitrogens with zero attached hydrogens (tertiary/aromatic N) is 1. The summed E-state index contributed by atoms with van der Waals surface area (Å²) in [6, 6.07) is 18.0. The standard InChI is InChI=1S/C21H19ClN4O2/c1-14(27)24-17-6-8-18(9-7-17)25-20-11-10-19(13-23-20)26-21(28)12-15-2-4-16(22)5-3-15/h2-11,13H,12H2,1H3,(H,23,25)(H,24,27)(H,26,28). The van der Waals surface area contributed by atoms with E-state index in [1.807, 2.05) is 24.3 Å². The minimum absolute atomic E-state index is 0.115. The van der Waals surface area contributed by atoms with Crippen LogP contribution < -0.4 is 16.0 Å². The number of pyridine rings is 1. The van der Waals surface area contributed by atoms with Gasteiger partial charge in [0.1, 0.15) is 5.82 Å². The van der Waals surface area contributed by atoms with Crippen molar-refractivity contribution in [3.05, 3.63) is 77.4 Å². The van der Waals surface area contributed by atoms with E-state index in [1.54, 1.807) is 42.6 Å². The van der Waals surface area contributed by atoms with Crippen molar-refractivity contribution in [3.8, 4) is 0 Å². The molecule has 28 heavy (non-hydrogen) atoms. The lowest BCUT2D eigenvalue weighted by Crippen LogP contribution is -2.14. The normalized spacial score (nSPS) is 10.2. The van der Waals surface area contributed by atoms with Crippen molar-refractivity contribution < 1.29 is 9.59 Å². The first-order valence-corrected chi connectivity index (χ1v) is 9.01. The molecule has 0 aliphatic heterocycles. The fourth-order valence-corrected chi connectivity index (χ4v) is 2.65. The van der Waals surface area contributed by atoms with Gasteiger partial charge in [-0.25, -0.2) is 4.98 Å². The maximum Gasteiger partial charge on any atom is 0.228 e. The number of aromatic nitrogens is 1. The summed E-state index contributed by atoms with van der Waals surface area (Å²) in [5, 5.41) is 9.33. The van der Waals surface area contributed by atoms with Crippen LogP contribution in [0.25, 0.3) is 0 Å². The second-order valence-electron chi connectivity index (χ2n) is 6.17. The molecule has 0 radical (unpaired) electrons. The summed E-state index contributed by atoms with van der Waals surface area (Å²) >= 11 is 5.85. The Balaban J connectivity index is 1.55. The van der Waals surface area contributed by atoms with Crippen molar-refractivity contribution in [2.45, 2.75) is 13.3 Å². The van der Waals surface area contributed by atoms with Gasteiger partial charge in [0.25, 0.3) is 0 Å². The molecule has 3 aromatic rings. The third-order valence-corrected chi connectivity index (χ3v) is 4.05. The van der Waals surface area contributed by atoms with Crippen LogP contribution in [-0.2, 0) is 16.0 Å². The fourth-order valence-electron chi connectivity index (χ4n) is 2.52. The van der Waals surface area contributed by atoms with Crippen LogP contribution in [0.5, 0.6) is 0 Å². The van der Waals surface area contributed by atoms with Gasteiger partial charge in [0, 0.05) is 23.3 Å². The van der Waals surface area contributed by atoms with Gasteiger partial charge in [-0.1, -0.05) is 23.7 Å². The van der Waals surface area contributed by atoms with Crippen molar-refractivity contribution >= 4 is 46.3 Å². The van der Waals surface area contributed by atoms with Crippen LogP contribution in [0.4, 0.5) is 22.9 Å². The number of carbonyl (C=O) groups is 2. The van der Waals surface area contributed by atoms with E-state index in [9.17, 15) is 9.59 Å². The first kappa shape index (κ1) is 19.4. The Morgan fingerprint density at radius 3 is 2.11 bits per heavy atom. The van der Waals surface area contributed by atoms with Gasteiger partial charge >= 0.3 is 0 Å². The zero-order chi connectivity index (χ0) is 19.9. The van der Waals surface area contributed by atoms with Gasteiger partial charge in [-0.15, -0.1) is 0 Å². The molecule has 1 aromatic heterocycles. The van der Waals surface area contributed by atoms with Crippen LogP contribution in [-0.4, -0.2) is 16.8 Å². The molecule has 0 bridgehead atoms. The lowest BCUT2D eigenvalue weighted by Gasteiger charge is -2.09. The molecule has 0 aliphatic rings. The third kappa shape index (κ3) is 5.82. The van der Waals surface area contributed by atoms with Crippen LogP contribution in [0, 0.1) is 0 Å². The number of carbonyl (C=O) groups excluding carboxylic acids is 2. The maximum absolute atomic E-state index is 12.1. The molecule has 0 fully saturated rings. The Hall–Kier alpha value is -3.38. The van der Waals surface area contributed by atoms with Crippen LogP contribution in [0.2, 0.25) is 5.02 Å². The van der Waals surface area contributed by atoms with Crippen molar-refractivity contribution in [2.75, 3.05) is 16.0 Å². The highest BCUT2D eigenvalue weighted by Gasteiger charge is 2.05. The lowest BCUT2D eigenvalue weighted by molar-refractivity contribution is -0.116. The largest absolute Gasteiger partial charge is 0.340 e. The molecule has 6 nitrogen and oxygen atoms in total. The molecule has 3 rings (SSSR count).